The van der Waals surface area contributed by atoms with Crippen LogP contribution in [0.15, 0.2) is 47.4 Å². The predicted octanol–water partition coefficient (Wildman–Crippen LogP) is 5.03. The Balaban J connectivity index is 2.07. The second-order valence-corrected chi connectivity index (χ2v) is 6.15. The number of aromatic amines is 1. The molecule has 0 radical (unpaired) electrons. The molecule has 2 aromatic heterocycles. The summed E-state index contributed by atoms with van der Waals surface area (Å²) in [5.74, 6) is 0. The first-order valence-electron chi connectivity index (χ1n) is 7.08. The normalized spacial score (nSPS) is 10.8. The summed E-state index contributed by atoms with van der Waals surface area (Å²) < 4.78 is 0. The molecule has 0 fully saturated rings. The van der Waals surface area contributed by atoms with Gasteiger partial charge in [-0.2, -0.15) is 0 Å². The molecule has 23 heavy (non-hydrogen) atoms. The van der Waals surface area contributed by atoms with Crippen molar-refractivity contribution >= 4 is 23.2 Å². The van der Waals surface area contributed by atoms with E-state index < -0.39 is 0 Å². The number of pyridine rings is 2. The first-order valence-corrected chi connectivity index (χ1v) is 7.84. The monoisotopic (exact) mass is 344 g/mol. The van der Waals surface area contributed by atoms with E-state index in [4.69, 9.17) is 23.2 Å². The van der Waals surface area contributed by atoms with Crippen molar-refractivity contribution in [1.29, 1.82) is 0 Å². The van der Waals surface area contributed by atoms with E-state index >= 15 is 0 Å². The van der Waals surface area contributed by atoms with Crippen molar-refractivity contribution < 1.29 is 0 Å². The molecule has 0 aliphatic heterocycles. The van der Waals surface area contributed by atoms with Crippen LogP contribution in [-0.2, 0) is 0 Å². The van der Waals surface area contributed by atoms with Crippen molar-refractivity contribution in [3.8, 4) is 22.4 Å². The van der Waals surface area contributed by atoms with Crippen LogP contribution in [0.25, 0.3) is 22.4 Å². The van der Waals surface area contributed by atoms with E-state index in [1.54, 1.807) is 13.1 Å². The zero-order chi connectivity index (χ0) is 16.6. The van der Waals surface area contributed by atoms with E-state index in [0.717, 1.165) is 22.5 Å². The van der Waals surface area contributed by atoms with Crippen LogP contribution >= 0.6 is 23.2 Å². The number of hydrogen-bond acceptors (Lipinski definition) is 2. The lowest BCUT2D eigenvalue weighted by Gasteiger charge is -2.09. The van der Waals surface area contributed by atoms with E-state index in [9.17, 15) is 4.79 Å². The minimum absolute atomic E-state index is 0.183. The van der Waals surface area contributed by atoms with Crippen LogP contribution in [0.4, 0.5) is 0 Å². The topological polar surface area (TPSA) is 45.8 Å². The number of nitrogens with zero attached hydrogens (tertiary/aromatic N) is 1. The first kappa shape index (κ1) is 15.8. The van der Waals surface area contributed by atoms with Crippen molar-refractivity contribution in [3.63, 3.8) is 0 Å². The molecule has 0 saturated carbocycles. The molecule has 0 unspecified atom stereocenters. The zero-order valence-corrected chi connectivity index (χ0v) is 14.2. The molecular formula is C18H14Cl2N2O. The van der Waals surface area contributed by atoms with Gasteiger partial charge < -0.3 is 4.98 Å². The van der Waals surface area contributed by atoms with Gasteiger partial charge in [-0.3, -0.25) is 9.78 Å². The minimum atomic E-state index is -0.183. The second-order valence-electron chi connectivity index (χ2n) is 5.34. The Bertz CT molecular complexity index is 931. The molecule has 0 atom stereocenters. The molecule has 0 spiro atoms. The molecular weight excluding hydrogens is 331 g/mol. The average Bonchev–Trinajstić information content (AvgIpc) is 2.53. The average molecular weight is 345 g/mol. The molecule has 0 aliphatic carbocycles. The van der Waals surface area contributed by atoms with E-state index in [1.165, 1.54) is 0 Å². The van der Waals surface area contributed by atoms with E-state index in [0.29, 0.717) is 16.3 Å². The largest absolute Gasteiger partial charge is 0.361 e. The minimum Gasteiger partial charge on any atom is -0.361 e. The molecule has 3 aromatic rings. The Hall–Kier alpha value is -2.10. The summed E-state index contributed by atoms with van der Waals surface area (Å²) in [5, 5.41) is 0.871. The van der Waals surface area contributed by atoms with Gasteiger partial charge in [-0.05, 0) is 32.0 Å². The number of aryl methyl sites for hydroxylation is 2. The molecule has 116 valence electrons. The molecule has 2 heterocycles. The summed E-state index contributed by atoms with van der Waals surface area (Å²) in [4.78, 5) is 20.0. The summed E-state index contributed by atoms with van der Waals surface area (Å²) in [6.07, 6.45) is 1.68. The van der Waals surface area contributed by atoms with Crippen LogP contribution in [0.3, 0.4) is 0 Å². The van der Waals surface area contributed by atoms with Crippen molar-refractivity contribution in [2.75, 3.05) is 0 Å². The third-order valence-corrected chi connectivity index (χ3v) is 4.37. The van der Waals surface area contributed by atoms with Crippen LogP contribution in [0.5, 0.6) is 0 Å². The summed E-state index contributed by atoms with van der Waals surface area (Å²) >= 11 is 12.1. The molecule has 0 aliphatic rings. The summed E-state index contributed by atoms with van der Waals surface area (Å²) in [6.45, 7) is 3.63. The number of H-pyrrole nitrogens is 1. The Morgan fingerprint density at radius 3 is 2.43 bits per heavy atom. The van der Waals surface area contributed by atoms with Crippen LogP contribution in [-0.4, -0.2) is 9.97 Å². The van der Waals surface area contributed by atoms with Crippen molar-refractivity contribution in [2.24, 2.45) is 0 Å². The molecule has 0 bridgehead atoms. The van der Waals surface area contributed by atoms with Crippen molar-refractivity contribution in [3.05, 3.63) is 74.3 Å². The van der Waals surface area contributed by atoms with Crippen molar-refractivity contribution in [2.45, 2.75) is 13.8 Å². The van der Waals surface area contributed by atoms with Gasteiger partial charge in [0, 0.05) is 33.7 Å². The summed E-state index contributed by atoms with van der Waals surface area (Å²) in [5.41, 5.74) is 4.26. The fourth-order valence-corrected chi connectivity index (χ4v) is 2.89. The van der Waals surface area contributed by atoms with E-state index in [-0.39, 0.29) is 10.5 Å². The number of hydrogen-bond donors (Lipinski definition) is 1. The van der Waals surface area contributed by atoms with E-state index in [2.05, 4.69) is 9.97 Å². The molecule has 5 heteroatoms. The maximum atomic E-state index is 12.4. The van der Waals surface area contributed by atoms with Gasteiger partial charge in [0.2, 0.25) is 5.43 Å². The van der Waals surface area contributed by atoms with Gasteiger partial charge >= 0.3 is 0 Å². The Kier molecular flexibility index (Phi) is 4.24. The molecule has 0 saturated heterocycles. The zero-order valence-electron chi connectivity index (χ0n) is 12.7. The SMILES string of the molecule is Cc1[nH]c(C)c(-c2ccc(-c3cccc(Cl)c3)nc2)c(=O)c1Cl. The van der Waals surface area contributed by atoms with Crippen LogP contribution < -0.4 is 5.43 Å². The number of halogens is 2. The van der Waals surface area contributed by atoms with Crippen LogP contribution in [0.2, 0.25) is 10.0 Å². The van der Waals surface area contributed by atoms with Gasteiger partial charge in [0.1, 0.15) is 5.02 Å². The molecule has 3 nitrogen and oxygen atoms in total. The Morgan fingerprint density at radius 2 is 1.78 bits per heavy atom. The lowest BCUT2D eigenvalue weighted by Crippen LogP contribution is -2.11. The van der Waals surface area contributed by atoms with Gasteiger partial charge in [0.25, 0.3) is 0 Å². The summed E-state index contributed by atoms with van der Waals surface area (Å²) in [7, 11) is 0. The van der Waals surface area contributed by atoms with Crippen LogP contribution in [0.1, 0.15) is 11.4 Å². The number of rotatable bonds is 2. The smallest absolute Gasteiger partial charge is 0.208 e. The lowest BCUT2D eigenvalue weighted by atomic mass is 10.0. The first-order chi connectivity index (χ1) is 11.0. The van der Waals surface area contributed by atoms with E-state index in [1.807, 2.05) is 43.3 Å². The standard InChI is InChI=1S/C18H14Cl2N2O/c1-10-16(18(23)17(20)11(2)22-10)13-6-7-15(21-9-13)12-4-3-5-14(19)8-12/h3-9H,1-2H3,(H,22,23). The van der Waals surface area contributed by atoms with Crippen molar-refractivity contribution in [1.82, 2.24) is 9.97 Å². The highest BCUT2D eigenvalue weighted by atomic mass is 35.5. The number of aromatic nitrogens is 2. The molecule has 1 aromatic carbocycles. The van der Waals surface area contributed by atoms with Gasteiger partial charge in [0.05, 0.1) is 11.3 Å². The quantitative estimate of drug-likeness (QED) is 0.708. The Labute approximate surface area is 143 Å². The fraction of sp³-hybridized carbons (Fsp3) is 0.111. The highest BCUT2D eigenvalue weighted by Gasteiger charge is 2.13. The third-order valence-electron chi connectivity index (χ3n) is 3.68. The number of nitrogens with one attached hydrogen (secondary N) is 1. The maximum Gasteiger partial charge on any atom is 0.208 e. The maximum absolute atomic E-state index is 12.4. The third kappa shape index (κ3) is 3.03. The molecule has 0 amide bonds. The van der Waals surface area contributed by atoms with Crippen LogP contribution in [0, 0.1) is 13.8 Å². The van der Waals surface area contributed by atoms with Gasteiger partial charge in [0.15, 0.2) is 0 Å². The Morgan fingerprint density at radius 1 is 1.00 bits per heavy atom. The van der Waals surface area contributed by atoms with Gasteiger partial charge in [-0.1, -0.05) is 41.4 Å². The number of benzene rings is 1. The highest BCUT2D eigenvalue weighted by molar-refractivity contribution is 6.31. The lowest BCUT2D eigenvalue weighted by molar-refractivity contribution is 1.11. The van der Waals surface area contributed by atoms with Gasteiger partial charge in [-0.25, -0.2) is 0 Å². The predicted molar refractivity (Wildman–Crippen MR) is 95.2 cm³/mol. The fourth-order valence-electron chi connectivity index (χ4n) is 2.56. The molecule has 3 rings (SSSR count). The second kappa shape index (κ2) is 6.19. The molecule has 1 N–H and O–H groups in total. The summed E-state index contributed by atoms with van der Waals surface area (Å²) in [6, 6.07) is 11.2. The highest BCUT2D eigenvalue weighted by Crippen LogP contribution is 2.25. The van der Waals surface area contributed by atoms with Gasteiger partial charge in [-0.15, -0.1) is 0 Å².